The van der Waals surface area contributed by atoms with E-state index in [2.05, 4.69) is 20.9 Å². The Labute approximate surface area is 130 Å². The maximum Gasteiger partial charge on any atom is 0.213 e. The topological polar surface area (TPSA) is 62.0 Å². The number of aromatic nitrogens is 2. The molecule has 0 aromatic carbocycles. The average Bonchev–Trinajstić information content (AvgIpc) is 2.56. The van der Waals surface area contributed by atoms with Gasteiger partial charge in [0.1, 0.15) is 18.0 Å². The maximum absolute atomic E-state index is 9.17. The zero-order valence-electron chi connectivity index (χ0n) is 12.6. The zero-order chi connectivity index (χ0) is 15.4. The van der Waals surface area contributed by atoms with E-state index in [0.29, 0.717) is 11.4 Å². The van der Waals surface area contributed by atoms with Gasteiger partial charge in [-0.05, 0) is 25.1 Å². The van der Waals surface area contributed by atoms with Gasteiger partial charge in [-0.2, -0.15) is 5.26 Å². The number of nitrogens with zero attached hydrogens (tertiary/aromatic N) is 4. The summed E-state index contributed by atoms with van der Waals surface area (Å²) in [5.74, 6) is 1.46. The number of rotatable bonds is 3. The Hall–Kier alpha value is -2.61. The molecule has 3 rings (SSSR count). The van der Waals surface area contributed by atoms with Gasteiger partial charge in [0.2, 0.25) is 5.88 Å². The molecule has 2 aromatic rings. The summed E-state index contributed by atoms with van der Waals surface area (Å²) in [6.07, 6.45) is 3.70. The van der Waals surface area contributed by atoms with Crippen LogP contribution in [0.5, 0.6) is 5.88 Å². The average molecular weight is 294 g/mol. The van der Waals surface area contributed by atoms with Gasteiger partial charge in [0.15, 0.2) is 0 Å². The second-order valence-electron chi connectivity index (χ2n) is 5.41. The summed E-state index contributed by atoms with van der Waals surface area (Å²) < 4.78 is 5.95. The van der Waals surface area contributed by atoms with E-state index in [9.17, 15) is 5.26 Å². The highest BCUT2D eigenvalue weighted by Crippen LogP contribution is 2.23. The second kappa shape index (κ2) is 6.44. The van der Waals surface area contributed by atoms with Crippen molar-refractivity contribution in [1.82, 2.24) is 9.97 Å². The highest BCUT2D eigenvalue weighted by Gasteiger charge is 2.23. The SMILES string of the molecule is Cc1cccc(OC2CCN(c3ncccc3C#N)CC2)n1. The number of ether oxygens (including phenoxy) is 1. The van der Waals surface area contributed by atoms with E-state index in [1.807, 2.05) is 31.2 Å². The Bertz CT molecular complexity index is 687. The van der Waals surface area contributed by atoms with Crippen molar-refractivity contribution >= 4 is 5.82 Å². The van der Waals surface area contributed by atoms with Gasteiger partial charge in [-0.1, -0.05) is 6.07 Å². The van der Waals surface area contributed by atoms with E-state index >= 15 is 0 Å². The van der Waals surface area contributed by atoms with Crippen LogP contribution < -0.4 is 9.64 Å². The molecule has 0 unspecified atom stereocenters. The predicted molar refractivity (Wildman–Crippen MR) is 83.8 cm³/mol. The van der Waals surface area contributed by atoms with Crippen LogP contribution in [0, 0.1) is 18.3 Å². The van der Waals surface area contributed by atoms with E-state index in [4.69, 9.17) is 4.74 Å². The molecule has 0 radical (unpaired) electrons. The lowest BCUT2D eigenvalue weighted by Crippen LogP contribution is -2.39. The van der Waals surface area contributed by atoms with Crippen LogP contribution in [0.15, 0.2) is 36.5 Å². The number of hydrogen-bond donors (Lipinski definition) is 0. The molecule has 1 aliphatic rings. The van der Waals surface area contributed by atoms with Crippen LogP contribution >= 0.6 is 0 Å². The van der Waals surface area contributed by atoms with Crippen molar-refractivity contribution in [3.63, 3.8) is 0 Å². The Morgan fingerprint density at radius 3 is 2.77 bits per heavy atom. The molecule has 0 bridgehead atoms. The van der Waals surface area contributed by atoms with Crippen molar-refractivity contribution in [2.75, 3.05) is 18.0 Å². The number of hydrogen-bond acceptors (Lipinski definition) is 5. The van der Waals surface area contributed by atoms with Gasteiger partial charge in [-0.15, -0.1) is 0 Å². The van der Waals surface area contributed by atoms with Crippen LogP contribution in [-0.4, -0.2) is 29.2 Å². The molecule has 22 heavy (non-hydrogen) atoms. The molecule has 0 atom stereocenters. The highest BCUT2D eigenvalue weighted by atomic mass is 16.5. The van der Waals surface area contributed by atoms with Crippen LogP contribution in [0.4, 0.5) is 5.82 Å². The molecule has 0 saturated carbocycles. The number of aryl methyl sites for hydroxylation is 1. The first-order valence-electron chi connectivity index (χ1n) is 7.46. The van der Waals surface area contributed by atoms with E-state index in [0.717, 1.165) is 37.4 Å². The van der Waals surface area contributed by atoms with Crippen molar-refractivity contribution in [3.8, 4) is 11.9 Å². The molecule has 5 heteroatoms. The molecule has 2 aromatic heterocycles. The number of anilines is 1. The van der Waals surface area contributed by atoms with Crippen LogP contribution in [0.3, 0.4) is 0 Å². The summed E-state index contributed by atoms with van der Waals surface area (Å²) in [4.78, 5) is 10.9. The predicted octanol–water partition coefficient (Wildman–Crippen LogP) is 2.70. The molecular formula is C17H18N4O. The van der Waals surface area contributed by atoms with Gasteiger partial charge in [0.25, 0.3) is 0 Å². The number of pyridine rings is 2. The molecule has 112 valence electrons. The monoisotopic (exact) mass is 294 g/mol. The summed E-state index contributed by atoms with van der Waals surface area (Å²) in [5.41, 5.74) is 1.59. The summed E-state index contributed by atoms with van der Waals surface area (Å²) in [5, 5.41) is 9.17. The normalized spacial score (nSPS) is 15.4. The van der Waals surface area contributed by atoms with Crippen LogP contribution in [0.2, 0.25) is 0 Å². The third-order valence-electron chi connectivity index (χ3n) is 3.80. The van der Waals surface area contributed by atoms with Crippen molar-refractivity contribution in [3.05, 3.63) is 47.8 Å². The Morgan fingerprint density at radius 1 is 1.23 bits per heavy atom. The standard InChI is InChI=1S/C17H18N4O/c1-13-4-2-6-16(20-13)22-15-7-10-21(11-8-15)17-14(12-18)5-3-9-19-17/h2-6,9,15H,7-8,10-11H2,1H3. The lowest BCUT2D eigenvalue weighted by atomic mass is 10.1. The smallest absolute Gasteiger partial charge is 0.213 e. The fourth-order valence-corrected chi connectivity index (χ4v) is 2.68. The van der Waals surface area contributed by atoms with E-state index in [1.54, 1.807) is 12.3 Å². The zero-order valence-corrected chi connectivity index (χ0v) is 12.6. The minimum atomic E-state index is 0.166. The van der Waals surface area contributed by atoms with Gasteiger partial charge >= 0.3 is 0 Å². The molecule has 0 spiro atoms. The van der Waals surface area contributed by atoms with Crippen LogP contribution in [0.1, 0.15) is 24.1 Å². The maximum atomic E-state index is 9.17. The molecular weight excluding hydrogens is 276 g/mol. The summed E-state index contributed by atoms with van der Waals surface area (Å²) >= 11 is 0. The summed E-state index contributed by atoms with van der Waals surface area (Å²) in [6, 6.07) is 11.6. The first-order valence-corrected chi connectivity index (χ1v) is 7.46. The molecule has 1 saturated heterocycles. The molecule has 0 amide bonds. The second-order valence-corrected chi connectivity index (χ2v) is 5.41. The summed E-state index contributed by atoms with van der Waals surface area (Å²) in [7, 11) is 0. The third-order valence-corrected chi connectivity index (χ3v) is 3.80. The van der Waals surface area contributed by atoms with Gasteiger partial charge in [0, 0.05) is 43.9 Å². The molecule has 1 aliphatic heterocycles. The summed E-state index contributed by atoms with van der Waals surface area (Å²) in [6.45, 7) is 3.63. The minimum absolute atomic E-state index is 0.166. The fraction of sp³-hybridized carbons (Fsp3) is 0.353. The van der Waals surface area contributed by atoms with E-state index in [-0.39, 0.29) is 6.10 Å². The van der Waals surface area contributed by atoms with Gasteiger partial charge in [-0.3, -0.25) is 0 Å². The molecule has 5 nitrogen and oxygen atoms in total. The van der Waals surface area contributed by atoms with E-state index < -0.39 is 0 Å². The van der Waals surface area contributed by atoms with Crippen molar-refractivity contribution < 1.29 is 4.74 Å². The van der Waals surface area contributed by atoms with Gasteiger partial charge in [0.05, 0.1) is 5.56 Å². The largest absolute Gasteiger partial charge is 0.474 e. The lowest BCUT2D eigenvalue weighted by Gasteiger charge is -2.33. The lowest BCUT2D eigenvalue weighted by molar-refractivity contribution is 0.163. The Morgan fingerprint density at radius 2 is 2.05 bits per heavy atom. The van der Waals surface area contributed by atoms with Crippen molar-refractivity contribution in [2.45, 2.75) is 25.9 Å². The molecule has 1 fully saturated rings. The molecule has 3 heterocycles. The number of piperidine rings is 1. The Kier molecular flexibility index (Phi) is 4.19. The van der Waals surface area contributed by atoms with Crippen molar-refractivity contribution in [2.24, 2.45) is 0 Å². The van der Waals surface area contributed by atoms with Gasteiger partial charge in [-0.25, -0.2) is 9.97 Å². The van der Waals surface area contributed by atoms with Crippen LogP contribution in [0.25, 0.3) is 0 Å². The number of nitriles is 1. The minimum Gasteiger partial charge on any atom is -0.474 e. The van der Waals surface area contributed by atoms with E-state index in [1.165, 1.54) is 0 Å². The first-order chi connectivity index (χ1) is 10.8. The first kappa shape index (κ1) is 14.3. The quantitative estimate of drug-likeness (QED) is 0.871. The van der Waals surface area contributed by atoms with Crippen LogP contribution in [-0.2, 0) is 0 Å². The third kappa shape index (κ3) is 3.17. The molecule has 0 aliphatic carbocycles. The van der Waals surface area contributed by atoms with Gasteiger partial charge < -0.3 is 9.64 Å². The highest BCUT2D eigenvalue weighted by molar-refractivity contribution is 5.53. The Balaban J connectivity index is 1.62. The molecule has 0 N–H and O–H groups in total. The van der Waals surface area contributed by atoms with Crippen molar-refractivity contribution in [1.29, 1.82) is 5.26 Å². The fourth-order valence-electron chi connectivity index (χ4n) is 2.68.